The van der Waals surface area contributed by atoms with E-state index in [0.717, 1.165) is 12.8 Å². The highest BCUT2D eigenvalue weighted by Crippen LogP contribution is 2.25. The molecule has 22 heavy (non-hydrogen) atoms. The zero-order valence-electron chi connectivity index (χ0n) is 14.8. The molecule has 0 saturated carbocycles. The predicted molar refractivity (Wildman–Crippen MR) is 91.0 cm³/mol. The van der Waals surface area contributed by atoms with Gasteiger partial charge in [0.2, 0.25) is 0 Å². The highest BCUT2D eigenvalue weighted by molar-refractivity contribution is 5.69. The van der Waals surface area contributed by atoms with E-state index in [2.05, 4.69) is 6.92 Å². The summed E-state index contributed by atoms with van der Waals surface area (Å²) in [7, 11) is 1.45. The Balaban J connectivity index is 1.99. The molecule has 1 heterocycles. The number of rotatable bonds is 12. The summed E-state index contributed by atoms with van der Waals surface area (Å²) in [6, 6.07) is 0. The molecular formula is C19H36O3. The van der Waals surface area contributed by atoms with Gasteiger partial charge in [0.15, 0.2) is 0 Å². The van der Waals surface area contributed by atoms with Crippen molar-refractivity contribution in [3.63, 3.8) is 0 Å². The summed E-state index contributed by atoms with van der Waals surface area (Å²) in [6.45, 7) is 2.27. The lowest BCUT2D eigenvalue weighted by Gasteiger charge is -2.30. The molecule has 0 aromatic carbocycles. The first-order valence-corrected chi connectivity index (χ1v) is 9.48. The Kier molecular flexibility index (Phi) is 11.4. The fourth-order valence-electron chi connectivity index (χ4n) is 3.29. The van der Waals surface area contributed by atoms with Crippen LogP contribution in [0.2, 0.25) is 0 Å². The van der Waals surface area contributed by atoms with Crippen LogP contribution >= 0.6 is 0 Å². The average molecular weight is 312 g/mol. The summed E-state index contributed by atoms with van der Waals surface area (Å²) >= 11 is 0. The molecule has 0 aromatic rings. The van der Waals surface area contributed by atoms with Gasteiger partial charge >= 0.3 is 5.97 Å². The molecule has 3 heteroatoms. The molecule has 0 N–H and O–H groups in total. The fourth-order valence-corrected chi connectivity index (χ4v) is 3.29. The maximum atomic E-state index is 11.2. The predicted octanol–water partition coefficient (Wildman–Crippen LogP) is 5.41. The molecule has 1 aliphatic rings. The van der Waals surface area contributed by atoms with E-state index in [1.54, 1.807) is 0 Å². The van der Waals surface area contributed by atoms with E-state index >= 15 is 0 Å². The van der Waals surface area contributed by atoms with Crippen LogP contribution in [0.15, 0.2) is 0 Å². The van der Waals surface area contributed by atoms with Crippen LogP contribution in [0.4, 0.5) is 0 Å². The summed E-state index contributed by atoms with van der Waals surface area (Å²) in [5, 5.41) is 0. The third kappa shape index (κ3) is 9.45. The largest absolute Gasteiger partial charge is 0.469 e. The first kappa shape index (κ1) is 19.5. The van der Waals surface area contributed by atoms with Gasteiger partial charge in [-0.1, -0.05) is 58.3 Å². The van der Waals surface area contributed by atoms with Crippen LogP contribution in [-0.4, -0.2) is 25.3 Å². The maximum Gasteiger partial charge on any atom is 0.305 e. The van der Waals surface area contributed by atoms with Crippen LogP contribution in [-0.2, 0) is 14.3 Å². The number of hydrogen-bond donors (Lipinski definition) is 0. The van der Waals surface area contributed by atoms with Gasteiger partial charge in [0, 0.05) is 6.42 Å². The normalized spacial score (nSPS) is 21.7. The fraction of sp³-hybridized carbons (Fsp3) is 0.947. The van der Waals surface area contributed by atoms with Crippen molar-refractivity contribution >= 4 is 5.97 Å². The molecule has 0 aromatic heterocycles. The van der Waals surface area contributed by atoms with E-state index in [4.69, 9.17) is 9.47 Å². The molecule has 2 atom stereocenters. The second-order valence-corrected chi connectivity index (χ2v) is 6.69. The zero-order valence-corrected chi connectivity index (χ0v) is 14.8. The number of carbonyl (C=O) groups excluding carboxylic acids is 1. The van der Waals surface area contributed by atoms with E-state index in [9.17, 15) is 4.79 Å². The highest BCUT2D eigenvalue weighted by Gasteiger charge is 2.22. The van der Waals surface area contributed by atoms with Gasteiger partial charge in [-0.15, -0.1) is 0 Å². The molecule has 1 aliphatic heterocycles. The minimum Gasteiger partial charge on any atom is -0.469 e. The monoisotopic (exact) mass is 312 g/mol. The molecule has 0 bridgehead atoms. The summed E-state index contributed by atoms with van der Waals surface area (Å²) < 4.78 is 10.8. The average Bonchev–Trinajstić information content (AvgIpc) is 2.55. The highest BCUT2D eigenvalue weighted by atomic mass is 16.5. The lowest BCUT2D eigenvalue weighted by molar-refractivity contribution is -0.142. The smallest absolute Gasteiger partial charge is 0.305 e. The van der Waals surface area contributed by atoms with Crippen LogP contribution in [0.25, 0.3) is 0 Å². The van der Waals surface area contributed by atoms with Crippen molar-refractivity contribution in [1.29, 1.82) is 0 Å². The van der Waals surface area contributed by atoms with Gasteiger partial charge < -0.3 is 9.47 Å². The topological polar surface area (TPSA) is 35.5 Å². The lowest BCUT2D eigenvalue weighted by atomic mass is 9.97. The Morgan fingerprint density at radius 1 is 0.955 bits per heavy atom. The van der Waals surface area contributed by atoms with E-state index in [1.807, 2.05) is 0 Å². The Hall–Kier alpha value is -0.570. The SMILES string of the molecule is CCCCCCCCCCC1CCCC(CCC(=O)OC)O1. The molecular weight excluding hydrogens is 276 g/mol. The third-order valence-electron chi connectivity index (χ3n) is 4.71. The Bertz CT molecular complexity index is 278. The van der Waals surface area contributed by atoms with Crippen LogP contribution < -0.4 is 0 Å². The van der Waals surface area contributed by atoms with Gasteiger partial charge in [-0.25, -0.2) is 0 Å². The molecule has 1 rings (SSSR count). The Labute approximate surface area is 137 Å². The Morgan fingerprint density at radius 3 is 2.18 bits per heavy atom. The first-order valence-electron chi connectivity index (χ1n) is 9.48. The summed E-state index contributed by atoms with van der Waals surface area (Å²) in [4.78, 5) is 11.2. The van der Waals surface area contributed by atoms with Crippen molar-refractivity contribution in [1.82, 2.24) is 0 Å². The number of methoxy groups -OCH3 is 1. The maximum absolute atomic E-state index is 11.2. The number of hydrogen-bond acceptors (Lipinski definition) is 3. The summed E-state index contributed by atoms with van der Waals surface area (Å²) in [5.41, 5.74) is 0. The number of esters is 1. The molecule has 0 spiro atoms. The van der Waals surface area contributed by atoms with Gasteiger partial charge in [0.25, 0.3) is 0 Å². The molecule has 130 valence electrons. The van der Waals surface area contributed by atoms with Gasteiger partial charge in [-0.3, -0.25) is 4.79 Å². The molecule has 0 amide bonds. The summed E-state index contributed by atoms with van der Waals surface area (Å²) in [6.07, 6.45) is 17.7. The van der Waals surface area contributed by atoms with Crippen LogP contribution in [0.5, 0.6) is 0 Å². The van der Waals surface area contributed by atoms with Crippen LogP contribution in [0, 0.1) is 0 Å². The second kappa shape index (κ2) is 12.9. The van der Waals surface area contributed by atoms with Gasteiger partial charge in [0.1, 0.15) is 0 Å². The zero-order chi connectivity index (χ0) is 16.0. The molecule has 0 aliphatic carbocycles. The van der Waals surface area contributed by atoms with Crippen molar-refractivity contribution in [2.45, 2.75) is 109 Å². The first-order chi connectivity index (χ1) is 10.8. The molecule has 2 unspecified atom stereocenters. The van der Waals surface area contributed by atoms with Crippen molar-refractivity contribution in [2.24, 2.45) is 0 Å². The van der Waals surface area contributed by atoms with E-state index in [0.29, 0.717) is 12.5 Å². The number of carbonyl (C=O) groups is 1. The van der Waals surface area contributed by atoms with Crippen LogP contribution in [0.3, 0.4) is 0 Å². The van der Waals surface area contributed by atoms with Crippen molar-refractivity contribution < 1.29 is 14.3 Å². The number of ether oxygens (including phenoxy) is 2. The van der Waals surface area contributed by atoms with Crippen molar-refractivity contribution in [3.8, 4) is 0 Å². The number of unbranched alkanes of at least 4 members (excludes halogenated alkanes) is 7. The van der Waals surface area contributed by atoms with E-state index < -0.39 is 0 Å². The molecule has 1 saturated heterocycles. The molecule has 0 radical (unpaired) electrons. The van der Waals surface area contributed by atoms with Gasteiger partial charge in [0.05, 0.1) is 19.3 Å². The van der Waals surface area contributed by atoms with E-state index in [1.165, 1.54) is 77.7 Å². The van der Waals surface area contributed by atoms with E-state index in [-0.39, 0.29) is 12.1 Å². The van der Waals surface area contributed by atoms with Crippen LogP contribution in [0.1, 0.15) is 96.8 Å². The second-order valence-electron chi connectivity index (χ2n) is 6.69. The molecule has 1 fully saturated rings. The van der Waals surface area contributed by atoms with Gasteiger partial charge in [-0.05, 0) is 32.1 Å². The standard InChI is InChI=1S/C19H36O3/c1-3-4-5-6-7-8-9-10-12-17-13-11-14-18(22-17)15-16-19(20)21-2/h17-18H,3-16H2,1-2H3. The van der Waals surface area contributed by atoms with Crippen molar-refractivity contribution in [3.05, 3.63) is 0 Å². The lowest BCUT2D eigenvalue weighted by Crippen LogP contribution is -2.28. The van der Waals surface area contributed by atoms with Crippen molar-refractivity contribution in [2.75, 3.05) is 7.11 Å². The minimum atomic E-state index is -0.117. The Morgan fingerprint density at radius 2 is 1.55 bits per heavy atom. The quantitative estimate of drug-likeness (QED) is 0.357. The summed E-state index contributed by atoms with van der Waals surface area (Å²) in [5.74, 6) is -0.117. The minimum absolute atomic E-state index is 0.117. The third-order valence-corrected chi connectivity index (χ3v) is 4.71. The molecule has 3 nitrogen and oxygen atoms in total. The van der Waals surface area contributed by atoms with Gasteiger partial charge in [-0.2, -0.15) is 0 Å².